The highest BCUT2D eigenvalue weighted by Crippen LogP contribution is 2.29. The summed E-state index contributed by atoms with van der Waals surface area (Å²) < 4.78 is 6.69. The predicted octanol–water partition coefficient (Wildman–Crippen LogP) is 5.74. The molecule has 0 radical (unpaired) electrons. The van der Waals surface area contributed by atoms with Crippen molar-refractivity contribution in [3.8, 4) is 0 Å². The van der Waals surface area contributed by atoms with E-state index < -0.39 is 12.1 Å². The average molecular weight is 473 g/mol. The highest BCUT2D eigenvalue weighted by atomic mass is 79.9. The van der Waals surface area contributed by atoms with Gasteiger partial charge in [0.05, 0.1) is 12.0 Å². The fraction of sp³-hybridized carbons (Fsp3) is 0.417. The fourth-order valence-corrected chi connectivity index (χ4v) is 4.10. The molecule has 6 heteroatoms. The molecule has 1 amide bonds. The molecule has 3 rings (SSSR count). The molecule has 160 valence electrons. The number of nitrogens with one attached hydrogen (secondary N) is 1. The van der Waals surface area contributed by atoms with Crippen LogP contribution >= 0.6 is 15.9 Å². The summed E-state index contributed by atoms with van der Waals surface area (Å²) in [5.74, 6) is 0.206. The van der Waals surface area contributed by atoms with Gasteiger partial charge in [-0.15, -0.1) is 0 Å². The van der Waals surface area contributed by atoms with Gasteiger partial charge >= 0.3 is 0 Å². The number of oxazole rings is 1. The molecule has 0 saturated carbocycles. The summed E-state index contributed by atoms with van der Waals surface area (Å²) in [5.41, 5.74) is 2.28. The zero-order valence-electron chi connectivity index (χ0n) is 17.6. The van der Waals surface area contributed by atoms with E-state index in [0.29, 0.717) is 23.4 Å². The van der Waals surface area contributed by atoms with Crippen molar-refractivity contribution >= 4 is 32.9 Å². The predicted molar refractivity (Wildman–Crippen MR) is 122 cm³/mol. The highest BCUT2D eigenvalue weighted by Gasteiger charge is 2.30. The summed E-state index contributed by atoms with van der Waals surface area (Å²) in [4.78, 5) is 17.7. The maximum Gasteiger partial charge on any atom is 0.227 e. The molecule has 5 nitrogen and oxygen atoms in total. The minimum Gasteiger partial charge on any atom is -0.438 e. The Balaban J connectivity index is 1.83. The lowest BCUT2D eigenvalue weighted by molar-refractivity contribution is -0.124. The Morgan fingerprint density at radius 2 is 1.97 bits per heavy atom. The van der Waals surface area contributed by atoms with E-state index in [9.17, 15) is 9.90 Å². The Kier molecular flexibility index (Phi) is 7.67. The number of aromatic nitrogens is 1. The number of halogens is 1. The van der Waals surface area contributed by atoms with Gasteiger partial charge in [-0.05, 0) is 48.6 Å². The second kappa shape index (κ2) is 10.2. The SMILES string of the molecule is CCC[C@H](NC(=O)C(CC(C)C)c1cccc(Br)c1)C(O)c1nc2ccccc2o1. The molecule has 0 aliphatic carbocycles. The summed E-state index contributed by atoms with van der Waals surface area (Å²) in [7, 11) is 0. The van der Waals surface area contributed by atoms with Crippen molar-refractivity contribution in [1.82, 2.24) is 10.3 Å². The van der Waals surface area contributed by atoms with Crippen LogP contribution in [-0.2, 0) is 4.79 Å². The third-order valence-electron chi connectivity index (χ3n) is 5.15. The lowest BCUT2D eigenvalue weighted by Gasteiger charge is -2.26. The molecule has 2 aromatic carbocycles. The number of hydrogen-bond acceptors (Lipinski definition) is 4. The minimum absolute atomic E-state index is 0.0876. The standard InChI is InChI=1S/C24H29BrN2O3/c1-4-8-20(22(28)24-27-19-11-5-6-12-21(19)30-24)26-23(29)18(13-15(2)3)16-9-7-10-17(25)14-16/h5-7,9-12,14-15,18,20,22,28H,4,8,13H2,1-3H3,(H,26,29)/t18?,20-,22?/m0/s1. The number of amides is 1. The van der Waals surface area contributed by atoms with Crippen molar-refractivity contribution in [3.05, 3.63) is 64.5 Å². The monoisotopic (exact) mass is 472 g/mol. The molecule has 1 heterocycles. The number of para-hydroxylation sites is 2. The Hall–Kier alpha value is -2.18. The van der Waals surface area contributed by atoms with Crippen molar-refractivity contribution in [1.29, 1.82) is 0 Å². The number of aliphatic hydroxyl groups excluding tert-OH is 1. The zero-order chi connectivity index (χ0) is 21.7. The van der Waals surface area contributed by atoms with E-state index in [1.807, 2.05) is 55.5 Å². The summed E-state index contributed by atoms with van der Waals surface area (Å²) >= 11 is 3.50. The molecule has 0 saturated heterocycles. The van der Waals surface area contributed by atoms with Gasteiger partial charge in [0.2, 0.25) is 11.8 Å². The second-order valence-electron chi connectivity index (χ2n) is 8.11. The van der Waals surface area contributed by atoms with E-state index in [0.717, 1.165) is 22.9 Å². The molecule has 0 bridgehead atoms. The number of rotatable bonds is 9. The van der Waals surface area contributed by atoms with Gasteiger partial charge in [0.1, 0.15) is 5.52 Å². The summed E-state index contributed by atoms with van der Waals surface area (Å²) in [5, 5.41) is 14.0. The summed E-state index contributed by atoms with van der Waals surface area (Å²) in [6.07, 6.45) is 1.15. The number of nitrogens with zero attached hydrogens (tertiary/aromatic N) is 1. The molecule has 3 atom stereocenters. The molecule has 2 unspecified atom stereocenters. The average Bonchev–Trinajstić information content (AvgIpc) is 3.15. The van der Waals surface area contributed by atoms with Gasteiger partial charge in [-0.2, -0.15) is 0 Å². The molecule has 2 N–H and O–H groups in total. The van der Waals surface area contributed by atoms with E-state index in [1.165, 1.54) is 0 Å². The van der Waals surface area contributed by atoms with Crippen molar-refractivity contribution in [2.24, 2.45) is 5.92 Å². The molecule has 3 aromatic rings. The Bertz CT molecular complexity index is 952. The molecule has 0 fully saturated rings. The van der Waals surface area contributed by atoms with Gasteiger partial charge in [0, 0.05) is 4.47 Å². The molecule has 0 aliphatic heterocycles. The van der Waals surface area contributed by atoms with Gasteiger partial charge < -0.3 is 14.8 Å². The lowest BCUT2D eigenvalue weighted by atomic mass is 9.89. The summed E-state index contributed by atoms with van der Waals surface area (Å²) in [6, 6.07) is 14.8. The van der Waals surface area contributed by atoms with E-state index >= 15 is 0 Å². The van der Waals surface area contributed by atoms with Crippen LogP contribution in [0.3, 0.4) is 0 Å². The largest absolute Gasteiger partial charge is 0.438 e. The van der Waals surface area contributed by atoms with Gasteiger partial charge in [-0.25, -0.2) is 4.98 Å². The van der Waals surface area contributed by atoms with Gasteiger partial charge in [0.15, 0.2) is 11.7 Å². The number of carbonyl (C=O) groups excluding carboxylic acids is 1. The van der Waals surface area contributed by atoms with Crippen molar-refractivity contribution in [2.75, 3.05) is 0 Å². The molecule has 0 aliphatic rings. The highest BCUT2D eigenvalue weighted by molar-refractivity contribution is 9.10. The van der Waals surface area contributed by atoms with Crippen molar-refractivity contribution in [2.45, 2.75) is 58.1 Å². The smallest absolute Gasteiger partial charge is 0.227 e. The first-order valence-electron chi connectivity index (χ1n) is 10.5. The van der Waals surface area contributed by atoms with Crippen LogP contribution in [0.1, 0.15) is 63.5 Å². The van der Waals surface area contributed by atoms with Crippen LogP contribution in [0.4, 0.5) is 0 Å². The van der Waals surface area contributed by atoms with Crippen LogP contribution in [0.25, 0.3) is 11.1 Å². The Labute approximate surface area is 186 Å². The van der Waals surface area contributed by atoms with Crippen LogP contribution in [0.15, 0.2) is 57.4 Å². The first kappa shape index (κ1) is 22.5. The molecular weight excluding hydrogens is 444 g/mol. The van der Waals surface area contributed by atoms with Gasteiger partial charge in [-0.1, -0.05) is 67.4 Å². The number of benzene rings is 2. The van der Waals surface area contributed by atoms with Gasteiger partial charge in [-0.3, -0.25) is 4.79 Å². The topological polar surface area (TPSA) is 75.4 Å². The molecule has 0 spiro atoms. The lowest BCUT2D eigenvalue weighted by Crippen LogP contribution is -2.42. The maximum absolute atomic E-state index is 13.3. The van der Waals surface area contributed by atoms with E-state index in [4.69, 9.17) is 4.42 Å². The number of carbonyl (C=O) groups is 1. The zero-order valence-corrected chi connectivity index (χ0v) is 19.2. The Morgan fingerprint density at radius 1 is 1.20 bits per heavy atom. The third kappa shape index (κ3) is 5.49. The van der Waals surface area contributed by atoms with Crippen LogP contribution in [0.5, 0.6) is 0 Å². The van der Waals surface area contributed by atoms with Gasteiger partial charge in [0.25, 0.3) is 0 Å². The number of hydrogen-bond donors (Lipinski definition) is 2. The van der Waals surface area contributed by atoms with Crippen molar-refractivity contribution in [3.63, 3.8) is 0 Å². The van der Waals surface area contributed by atoms with E-state index in [-0.39, 0.29) is 17.7 Å². The minimum atomic E-state index is -1.01. The first-order valence-corrected chi connectivity index (χ1v) is 11.3. The van der Waals surface area contributed by atoms with Crippen LogP contribution in [0.2, 0.25) is 0 Å². The van der Waals surface area contributed by atoms with E-state index in [1.54, 1.807) is 0 Å². The van der Waals surface area contributed by atoms with E-state index in [2.05, 4.69) is 40.1 Å². The fourth-order valence-electron chi connectivity index (χ4n) is 3.68. The van der Waals surface area contributed by atoms with Crippen LogP contribution in [-0.4, -0.2) is 22.0 Å². The number of fused-ring (bicyclic) bond motifs is 1. The second-order valence-corrected chi connectivity index (χ2v) is 9.02. The number of aliphatic hydroxyl groups is 1. The normalized spacial score (nSPS) is 14.6. The first-order chi connectivity index (χ1) is 14.4. The maximum atomic E-state index is 13.3. The molecule has 30 heavy (non-hydrogen) atoms. The van der Waals surface area contributed by atoms with Crippen LogP contribution in [0, 0.1) is 5.92 Å². The molecule has 1 aromatic heterocycles. The summed E-state index contributed by atoms with van der Waals surface area (Å²) in [6.45, 7) is 6.24. The third-order valence-corrected chi connectivity index (χ3v) is 5.64. The van der Waals surface area contributed by atoms with Crippen LogP contribution < -0.4 is 5.32 Å². The molecular formula is C24H29BrN2O3. The quantitative estimate of drug-likeness (QED) is 0.416. The van der Waals surface area contributed by atoms with Crippen molar-refractivity contribution < 1.29 is 14.3 Å². The Morgan fingerprint density at radius 3 is 2.63 bits per heavy atom.